The molecule has 0 saturated heterocycles. The lowest BCUT2D eigenvalue weighted by atomic mass is 10.1. The number of benzene rings is 1. The number of ketones is 2. The first-order valence-electron chi connectivity index (χ1n) is 5.53. The van der Waals surface area contributed by atoms with Crippen LogP contribution in [0.1, 0.15) is 38.7 Å². The molecule has 0 bridgehead atoms. The third kappa shape index (κ3) is 10.6. The van der Waals surface area contributed by atoms with Crippen LogP contribution in [0.2, 0.25) is 0 Å². The molecule has 0 unspecified atom stereocenters. The molecule has 0 heterocycles. The fourth-order valence-electron chi connectivity index (χ4n) is 1.12. The predicted octanol–water partition coefficient (Wildman–Crippen LogP) is 3.33. The zero-order valence-electron chi connectivity index (χ0n) is 10.3. The largest absolute Gasteiger partial charge is 0.300 e. The molecule has 0 aromatic heterocycles. The fourth-order valence-corrected chi connectivity index (χ4v) is 1.12. The molecule has 0 radical (unpaired) electrons. The van der Waals surface area contributed by atoms with Crippen LogP contribution in [0.3, 0.4) is 0 Å². The number of hydrogen-bond acceptors (Lipinski definition) is 2. The molecule has 0 spiro atoms. The third-order valence-corrected chi connectivity index (χ3v) is 2.00. The Balaban J connectivity index is 0.000000288. The van der Waals surface area contributed by atoms with Gasteiger partial charge in [0.15, 0.2) is 0 Å². The van der Waals surface area contributed by atoms with E-state index in [1.165, 1.54) is 5.56 Å². The van der Waals surface area contributed by atoms with Gasteiger partial charge in [0.2, 0.25) is 0 Å². The van der Waals surface area contributed by atoms with Crippen molar-refractivity contribution >= 4 is 11.6 Å². The van der Waals surface area contributed by atoms with E-state index in [9.17, 15) is 9.59 Å². The van der Waals surface area contributed by atoms with Gasteiger partial charge >= 0.3 is 0 Å². The fraction of sp³-hybridized carbons (Fsp3) is 0.429. The number of carbonyl (C=O) groups is 2. The summed E-state index contributed by atoms with van der Waals surface area (Å²) in [6, 6.07) is 10.3. The van der Waals surface area contributed by atoms with E-state index in [1.54, 1.807) is 13.8 Å². The first-order chi connectivity index (χ1) is 7.52. The Morgan fingerprint density at radius 2 is 1.38 bits per heavy atom. The summed E-state index contributed by atoms with van der Waals surface area (Å²) in [5.41, 5.74) is 1.32. The summed E-state index contributed by atoms with van der Waals surface area (Å²) in [5, 5.41) is 0. The molecule has 0 fully saturated rings. The summed E-state index contributed by atoms with van der Waals surface area (Å²) in [6.07, 6.45) is 1.80. The van der Waals surface area contributed by atoms with Crippen molar-refractivity contribution in [3.63, 3.8) is 0 Å². The van der Waals surface area contributed by atoms with Crippen LogP contribution in [0.4, 0.5) is 0 Å². The van der Waals surface area contributed by atoms with Crippen LogP contribution in [0.15, 0.2) is 30.3 Å². The summed E-state index contributed by atoms with van der Waals surface area (Å²) in [4.78, 5) is 20.6. The minimum atomic E-state index is 0.163. The standard InChI is InChI=1S/C7H12O2.C7H8/c1-6(8)4-3-5-7(2)9;1-7-5-3-2-4-6-7/h3-5H2,1-2H3;2-6H,1H3. The summed E-state index contributed by atoms with van der Waals surface area (Å²) in [5.74, 6) is 0.326. The van der Waals surface area contributed by atoms with E-state index in [2.05, 4.69) is 19.1 Å². The summed E-state index contributed by atoms with van der Waals surface area (Å²) < 4.78 is 0. The van der Waals surface area contributed by atoms with Crippen LogP contribution in [0, 0.1) is 6.92 Å². The molecule has 0 atom stereocenters. The van der Waals surface area contributed by atoms with Crippen LogP contribution >= 0.6 is 0 Å². The molecular weight excluding hydrogens is 200 g/mol. The Morgan fingerprint density at radius 3 is 1.62 bits per heavy atom. The molecule has 1 rings (SSSR count). The quantitative estimate of drug-likeness (QED) is 0.780. The Bertz CT molecular complexity index is 301. The number of carbonyl (C=O) groups excluding carboxylic acids is 2. The van der Waals surface area contributed by atoms with Gasteiger partial charge in [-0.05, 0) is 27.2 Å². The molecule has 16 heavy (non-hydrogen) atoms. The second kappa shape index (κ2) is 8.84. The van der Waals surface area contributed by atoms with Gasteiger partial charge in [-0.25, -0.2) is 0 Å². The van der Waals surface area contributed by atoms with Crippen LogP contribution < -0.4 is 0 Å². The molecule has 0 N–H and O–H groups in total. The van der Waals surface area contributed by atoms with E-state index in [1.807, 2.05) is 18.2 Å². The highest BCUT2D eigenvalue weighted by Crippen LogP contribution is 1.95. The smallest absolute Gasteiger partial charge is 0.129 e. The van der Waals surface area contributed by atoms with E-state index in [0.29, 0.717) is 19.3 Å². The lowest BCUT2D eigenvalue weighted by Gasteiger charge is -1.90. The van der Waals surface area contributed by atoms with Crippen molar-refractivity contribution in [1.29, 1.82) is 0 Å². The normalized spacial score (nSPS) is 8.94. The number of aryl methyl sites for hydroxylation is 1. The molecule has 2 heteroatoms. The van der Waals surface area contributed by atoms with Crippen molar-refractivity contribution in [2.75, 3.05) is 0 Å². The Morgan fingerprint density at radius 1 is 0.938 bits per heavy atom. The van der Waals surface area contributed by atoms with Gasteiger partial charge in [0, 0.05) is 12.8 Å². The van der Waals surface area contributed by atoms with Crippen LogP contribution in [-0.2, 0) is 9.59 Å². The van der Waals surface area contributed by atoms with Crippen LogP contribution in [0.25, 0.3) is 0 Å². The van der Waals surface area contributed by atoms with E-state index in [-0.39, 0.29) is 11.6 Å². The monoisotopic (exact) mass is 220 g/mol. The topological polar surface area (TPSA) is 34.1 Å². The minimum Gasteiger partial charge on any atom is -0.300 e. The molecule has 1 aromatic carbocycles. The maximum Gasteiger partial charge on any atom is 0.129 e. The van der Waals surface area contributed by atoms with Crippen molar-refractivity contribution in [3.05, 3.63) is 35.9 Å². The lowest BCUT2D eigenvalue weighted by Crippen LogP contribution is -1.93. The van der Waals surface area contributed by atoms with E-state index < -0.39 is 0 Å². The summed E-state index contributed by atoms with van der Waals surface area (Å²) >= 11 is 0. The van der Waals surface area contributed by atoms with Crippen molar-refractivity contribution < 1.29 is 9.59 Å². The molecule has 2 nitrogen and oxygen atoms in total. The molecule has 0 aliphatic rings. The van der Waals surface area contributed by atoms with Crippen LogP contribution in [-0.4, -0.2) is 11.6 Å². The van der Waals surface area contributed by atoms with Crippen molar-refractivity contribution in [1.82, 2.24) is 0 Å². The SMILES string of the molecule is CC(=O)CCCC(C)=O.Cc1ccccc1. The average Bonchev–Trinajstić information content (AvgIpc) is 2.18. The van der Waals surface area contributed by atoms with Gasteiger partial charge in [-0.2, -0.15) is 0 Å². The maximum atomic E-state index is 10.3. The van der Waals surface area contributed by atoms with Gasteiger partial charge < -0.3 is 9.59 Å². The molecule has 88 valence electrons. The predicted molar refractivity (Wildman–Crippen MR) is 66.4 cm³/mol. The second-order valence-corrected chi connectivity index (χ2v) is 3.91. The van der Waals surface area contributed by atoms with Crippen molar-refractivity contribution in [2.24, 2.45) is 0 Å². The molecule has 1 aromatic rings. The first-order valence-corrected chi connectivity index (χ1v) is 5.53. The van der Waals surface area contributed by atoms with Gasteiger partial charge in [-0.15, -0.1) is 0 Å². The zero-order valence-corrected chi connectivity index (χ0v) is 10.3. The van der Waals surface area contributed by atoms with Gasteiger partial charge in [0.05, 0.1) is 0 Å². The summed E-state index contributed by atoms with van der Waals surface area (Å²) in [7, 11) is 0. The summed E-state index contributed by atoms with van der Waals surface area (Å²) in [6.45, 7) is 5.17. The van der Waals surface area contributed by atoms with Gasteiger partial charge in [-0.3, -0.25) is 0 Å². The van der Waals surface area contributed by atoms with Gasteiger partial charge in [-0.1, -0.05) is 35.9 Å². The average molecular weight is 220 g/mol. The Hall–Kier alpha value is -1.44. The van der Waals surface area contributed by atoms with Crippen molar-refractivity contribution in [2.45, 2.75) is 40.0 Å². The first kappa shape index (κ1) is 14.6. The molecule has 0 amide bonds. The second-order valence-electron chi connectivity index (χ2n) is 3.91. The molecule has 0 aliphatic carbocycles. The Labute approximate surface area is 97.7 Å². The molecule has 0 saturated carbocycles. The highest BCUT2D eigenvalue weighted by atomic mass is 16.1. The highest BCUT2D eigenvalue weighted by molar-refractivity contribution is 5.78. The highest BCUT2D eigenvalue weighted by Gasteiger charge is 1.95. The van der Waals surface area contributed by atoms with Crippen molar-refractivity contribution in [3.8, 4) is 0 Å². The maximum absolute atomic E-state index is 10.3. The number of Topliss-reactive ketones (excluding diaryl/α,β-unsaturated/α-hetero) is 2. The molecular formula is C14H20O2. The molecule has 0 aliphatic heterocycles. The number of rotatable bonds is 4. The van der Waals surface area contributed by atoms with Gasteiger partial charge in [0.25, 0.3) is 0 Å². The van der Waals surface area contributed by atoms with Gasteiger partial charge in [0.1, 0.15) is 11.6 Å². The number of hydrogen-bond donors (Lipinski definition) is 0. The Kier molecular flexibility index (Phi) is 8.04. The third-order valence-electron chi connectivity index (χ3n) is 2.00. The zero-order chi connectivity index (χ0) is 12.4. The van der Waals surface area contributed by atoms with E-state index in [0.717, 1.165) is 0 Å². The lowest BCUT2D eigenvalue weighted by molar-refractivity contribution is -0.118. The van der Waals surface area contributed by atoms with Crippen LogP contribution in [0.5, 0.6) is 0 Å². The van der Waals surface area contributed by atoms with E-state index >= 15 is 0 Å². The minimum absolute atomic E-state index is 0.163. The van der Waals surface area contributed by atoms with E-state index in [4.69, 9.17) is 0 Å².